The maximum atomic E-state index is 9.21. The Morgan fingerprint density at radius 2 is 1.94 bits per heavy atom. The number of hydrogen-bond donors (Lipinski definition) is 2. The number of methoxy groups -OCH3 is 1. The Hall–Kier alpha value is -0.160. The molecule has 0 rings (SSSR count). The van der Waals surface area contributed by atoms with Gasteiger partial charge in [-0.3, -0.25) is 4.90 Å². The molecule has 0 aliphatic carbocycles. The van der Waals surface area contributed by atoms with Gasteiger partial charge in [-0.2, -0.15) is 0 Å². The minimum absolute atomic E-state index is 0.0249. The molecular formula is C13H30N2O2. The second-order valence-corrected chi connectivity index (χ2v) is 5.75. The second kappa shape index (κ2) is 8.03. The van der Waals surface area contributed by atoms with Gasteiger partial charge in [0.2, 0.25) is 0 Å². The molecule has 2 atom stereocenters. The molecule has 3 N–H and O–H groups in total. The van der Waals surface area contributed by atoms with Gasteiger partial charge >= 0.3 is 0 Å². The number of aliphatic hydroxyl groups is 1. The van der Waals surface area contributed by atoms with Crippen molar-refractivity contribution in [2.45, 2.75) is 45.7 Å². The fourth-order valence-electron chi connectivity index (χ4n) is 2.04. The summed E-state index contributed by atoms with van der Waals surface area (Å²) >= 11 is 0. The molecule has 0 saturated heterocycles. The Labute approximate surface area is 106 Å². The van der Waals surface area contributed by atoms with Crippen LogP contribution in [0.4, 0.5) is 0 Å². The molecule has 4 nitrogen and oxygen atoms in total. The summed E-state index contributed by atoms with van der Waals surface area (Å²) in [5.74, 6) is 0.618. The summed E-state index contributed by atoms with van der Waals surface area (Å²) in [4.78, 5) is 2.38. The molecule has 0 aromatic carbocycles. The number of hydrogen-bond acceptors (Lipinski definition) is 4. The van der Waals surface area contributed by atoms with Crippen LogP contribution in [0, 0.1) is 5.92 Å². The predicted molar refractivity (Wildman–Crippen MR) is 72.0 cm³/mol. The molecule has 0 spiro atoms. The van der Waals surface area contributed by atoms with E-state index in [0.29, 0.717) is 12.0 Å². The SMILES string of the molecule is COCCN(CC(C)C)C(C)CC(C)(N)CO. The zero-order valence-electron chi connectivity index (χ0n) is 12.1. The van der Waals surface area contributed by atoms with Crippen LogP contribution < -0.4 is 5.73 Å². The Bertz CT molecular complexity index is 196. The minimum Gasteiger partial charge on any atom is -0.394 e. The monoisotopic (exact) mass is 246 g/mol. The average Bonchev–Trinajstić information content (AvgIpc) is 2.23. The molecule has 0 aliphatic rings. The van der Waals surface area contributed by atoms with Crippen LogP contribution in [0.3, 0.4) is 0 Å². The lowest BCUT2D eigenvalue weighted by Gasteiger charge is -2.35. The van der Waals surface area contributed by atoms with Gasteiger partial charge in [0.25, 0.3) is 0 Å². The summed E-state index contributed by atoms with van der Waals surface area (Å²) in [6.07, 6.45) is 0.792. The van der Waals surface area contributed by atoms with E-state index in [-0.39, 0.29) is 6.61 Å². The fourth-order valence-corrected chi connectivity index (χ4v) is 2.04. The number of nitrogens with zero attached hydrogens (tertiary/aromatic N) is 1. The summed E-state index contributed by atoms with van der Waals surface area (Å²) in [7, 11) is 1.72. The third-order valence-corrected chi connectivity index (χ3v) is 2.93. The van der Waals surface area contributed by atoms with E-state index in [2.05, 4.69) is 25.7 Å². The molecule has 4 heteroatoms. The lowest BCUT2D eigenvalue weighted by atomic mass is 9.94. The van der Waals surface area contributed by atoms with Crippen molar-refractivity contribution in [1.82, 2.24) is 4.90 Å². The van der Waals surface area contributed by atoms with E-state index in [4.69, 9.17) is 10.5 Å². The summed E-state index contributed by atoms with van der Waals surface area (Å²) in [6.45, 7) is 11.2. The van der Waals surface area contributed by atoms with Gasteiger partial charge < -0.3 is 15.6 Å². The average molecular weight is 246 g/mol. The Morgan fingerprint density at radius 3 is 2.35 bits per heavy atom. The number of rotatable bonds is 9. The lowest BCUT2D eigenvalue weighted by Crippen LogP contribution is -2.48. The van der Waals surface area contributed by atoms with Crippen LogP contribution in [-0.2, 0) is 4.74 Å². The van der Waals surface area contributed by atoms with E-state index < -0.39 is 5.54 Å². The van der Waals surface area contributed by atoms with Gasteiger partial charge in [-0.25, -0.2) is 0 Å². The third-order valence-electron chi connectivity index (χ3n) is 2.93. The molecule has 0 aromatic heterocycles. The molecule has 0 bridgehead atoms. The number of ether oxygens (including phenoxy) is 1. The first-order valence-corrected chi connectivity index (χ1v) is 6.45. The molecule has 0 heterocycles. The molecule has 0 fully saturated rings. The number of nitrogens with two attached hydrogens (primary N) is 1. The molecule has 0 radical (unpaired) electrons. The van der Waals surface area contributed by atoms with Crippen LogP contribution in [0.1, 0.15) is 34.1 Å². The van der Waals surface area contributed by atoms with Gasteiger partial charge in [0.05, 0.1) is 13.2 Å². The first-order valence-electron chi connectivity index (χ1n) is 6.45. The molecule has 0 amide bonds. The van der Waals surface area contributed by atoms with E-state index in [1.165, 1.54) is 0 Å². The molecular weight excluding hydrogens is 216 g/mol. The highest BCUT2D eigenvalue weighted by atomic mass is 16.5. The summed E-state index contributed by atoms with van der Waals surface area (Å²) < 4.78 is 5.14. The van der Waals surface area contributed by atoms with Crippen LogP contribution >= 0.6 is 0 Å². The van der Waals surface area contributed by atoms with Gasteiger partial charge in [0, 0.05) is 31.8 Å². The summed E-state index contributed by atoms with van der Waals surface area (Å²) in [5, 5.41) is 9.21. The topological polar surface area (TPSA) is 58.7 Å². The van der Waals surface area contributed by atoms with Crippen molar-refractivity contribution in [2.75, 3.05) is 33.4 Å². The molecule has 104 valence electrons. The van der Waals surface area contributed by atoms with E-state index >= 15 is 0 Å². The highest BCUT2D eigenvalue weighted by molar-refractivity contribution is 4.84. The smallest absolute Gasteiger partial charge is 0.0609 e. The third kappa shape index (κ3) is 7.71. The van der Waals surface area contributed by atoms with E-state index in [1.54, 1.807) is 7.11 Å². The zero-order valence-corrected chi connectivity index (χ0v) is 12.1. The highest BCUT2D eigenvalue weighted by Crippen LogP contribution is 2.14. The zero-order chi connectivity index (χ0) is 13.5. The van der Waals surface area contributed by atoms with Crippen LogP contribution in [0.15, 0.2) is 0 Å². The van der Waals surface area contributed by atoms with Gasteiger partial charge in [-0.05, 0) is 26.2 Å². The molecule has 0 saturated carbocycles. The maximum Gasteiger partial charge on any atom is 0.0609 e. The molecule has 0 aliphatic heterocycles. The van der Waals surface area contributed by atoms with E-state index in [0.717, 1.165) is 26.1 Å². The molecule has 17 heavy (non-hydrogen) atoms. The van der Waals surface area contributed by atoms with Gasteiger partial charge in [-0.1, -0.05) is 13.8 Å². The van der Waals surface area contributed by atoms with E-state index in [1.807, 2.05) is 6.92 Å². The summed E-state index contributed by atoms with van der Waals surface area (Å²) in [6, 6.07) is 0.356. The van der Waals surface area contributed by atoms with Gasteiger partial charge in [0.15, 0.2) is 0 Å². The quantitative estimate of drug-likeness (QED) is 0.639. The van der Waals surface area contributed by atoms with Crippen molar-refractivity contribution >= 4 is 0 Å². The second-order valence-electron chi connectivity index (χ2n) is 5.75. The Morgan fingerprint density at radius 1 is 1.35 bits per heavy atom. The standard InChI is InChI=1S/C13H30N2O2/c1-11(2)9-15(6-7-17-5)12(3)8-13(4,14)10-16/h11-12,16H,6-10,14H2,1-5H3. The van der Waals surface area contributed by atoms with Crippen molar-refractivity contribution in [3.63, 3.8) is 0 Å². The van der Waals surface area contributed by atoms with Crippen molar-refractivity contribution in [1.29, 1.82) is 0 Å². The first kappa shape index (κ1) is 16.8. The Kier molecular flexibility index (Phi) is 7.96. The predicted octanol–water partition coefficient (Wildman–Crippen LogP) is 1.08. The van der Waals surface area contributed by atoms with Crippen molar-refractivity contribution in [3.05, 3.63) is 0 Å². The van der Waals surface area contributed by atoms with Crippen LogP contribution in [0.25, 0.3) is 0 Å². The largest absolute Gasteiger partial charge is 0.394 e. The van der Waals surface area contributed by atoms with Crippen LogP contribution in [-0.4, -0.2) is 55.0 Å². The minimum atomic E-state index is -0.498. The van der Waals surface area contributed by atoms with Gasteiger partial charge in [-0.15, -0.1) is 0 Å². The Balaban J connectivity index is 4.34. The normalized spacial score (nSPS) is 17.5. The van der Waals surface area contributed by atoms with Crippen molar-refractivity contribution < 1.29 is 9.84 Å². The highest BCUT2D eigenvalue weighted by Gasteiger charge is 2.24. The van der Waals surface area contributed by atoms with Gasteiger partial charge in [0.1, 0.15) is 0 Å². The first-order chi connectivity index (χ1) is 7.82. The molecule has 2 unspecified atom stereocenters. The van der Waals surface area contributed by atoms with Crippen molar-refractivity contribution in [3.8, 4) is 0 Å². The number of aliphatic hydroxyl groups excluding tert-OH is 1. The maximum absolute atomic E-state index is 9.21. The van der Waals surface area contributed by atoms with E-state index in [9.17, 15) is 5.11 Å². The molecule has 0 aromatic rings. The van der Waals surface area contributed by atoms with Crippen LogP contribution in [0.2, 0.25) is 0 Å². The lowest BCUT2D eigenvalue weighted by molar-refractivity contribution is 0.0923. The van der Waals surface area contributed by atoms with Crippen molar-refractivity contribution in [2.24, 2.45) is 11.7 Å². The summed E-state index contributed by atoms with van der Waals surface area (Å²) in [5.41, 5.74) is 5.51. The van der Waals surface area contributed by atoms with Crippen LogP contribution in [0.5, 0.6) is 0 Å². The fraction of sp³-hybridized carbons (Fsp3) is 1.00.